The number of hydrogen-bond donors (Lipinski definition) is 2. The van der Waals surface area contributed by atoms with Crippen molar-refractivity contribution < 1.29 is 19.7 Å². The summed E-state index contributed by atoms with van der Waals surface area (Å²) < 4.78 is 5.50. The van der Waals surface area contributed by atoms with Crippen LogP contribution in [-0.2, 0) is 9.53 Å². The smallest absolute Gasteiger partial charge is 0.312 e. The van der Waals surface area contributed by atoms with Crippen LogP contribution in [0, 0.1) is 56.7 Å². The molecule has 0 amide bonds. The monoisotopic (exact) mass is 486 g/mol. The SMILES string of the molecule is COC(=O)[C@]12CC[C@@H](C)[C@H](C)[C@@H]1C1=CC[C@H]3[C@]4(C)CC[C@H](O)[C@@](C)(CO)[C@H]4CC[C@@]3(C)[C@]1(C)CC2. The second-order valence-electron chi connectivity index (χ2n) is 14.5. The molecule has 0 aliphatic heterocycles. The molecule has 0 aromatic carbocycles. The summed E-state index contributed by atoms with van der Waals surface area (Å²) in [5.74, 6) is 2.26. The lowest BCUT2D eigenvalue weighted by Gasteiger charge is -2.71. The summed E-state index contributed by atoms with van der Waals surface area (Å²) in [5.41, 5.74) is 1.12. The molecule has 0 radical (unpaired) electrons. The van der Waals surface area contributed by atoms with Gasteiger partial charge in [0.15, 0.2) is 0 Å². The van der Waals surface area contributed by atoms with E-state index in [4.69, 9.17) is 4.74 Å². The molecule has 2 N–H and O–H groups in total. The van der Waals surface area contributed by atoms with E-state index in [1.54, 1.807) is 12.7 Å². The fraction of sp³-hybridized carbons (Fsp3) is 0.903. The highest BCUT2D eigenvalue weighted by molar-refractivity contribution is 5.78. The van der Waals surface area contributed by atoms with Gasteiger partial charge in [-0.3, -0.25) is 4.79 Å². The molecule has 5 aliphatic rings. The van der Waals surface area contributed by atoms with Gasteiger partial charge in [-0.25, -0.2) is 0 Å². The maximum Gasteiger partial charge on any atom is 0.312 e. The molecule has 4 saturated carbocycles. The van der Waals surface area contributed by atoms with Gasteiger partial charge in [-0.2, -0.15) is 0 Å². The number of carbonyl (C=O) groups excluding carboxylic acids is 1. The molecule has 198 valence electrons. The van der Waals surface area contributed by atoms with Gasteiger partial charge in [-0.05, 0) is 104 Å². The first-order valence-corrected chi connectivity index (χ1v) is 14.4. The highest BCUT2D eigenvalue weighted by atomic mass is 16.5. The zero-order valence-electron chi connectivity index (χ0n) is 23.3. The molecule has 0 heterocycles. The maximum atomic E-state index is 13.4. The summed E-state index contributed by atoms with van der Waals surface area (Å²) in [6, 6.07) is 0. The molecule has 4 fully saturated rings. The van der Waals surface area contributed by atoms with Crippen LogP contribution in [0.25, 0.3) is 0 Å². The third kappa shape index (κ3) is 3.02. The number of carbonyl (C=O) groups is 1. The Morgan fingerprint density at radius 1 is 1.00 bits per heavy atom. The van der Waals surface area contributed by atoms with Gasteiger partial charge in [0.1, 0.15) is 0 Å². The van der Waals surface area contributed by atoms with E-state index >= 15 is 0 Å². The van der Waals surface area contributed by atoms with Crippen molar-refractivity contribution in [3.8, 4) is 0 Å². The average Bonchev–Trinajstić information content (AvgIpc) is 2.83. The number of esters is 1. The van der Waals surface area contributed by atoms with Crippen molar-refractivity contribution in [3.05, 3.63) is 11.6 Å². The normalized spacial score (nSPS) is 55.5. The Hall–Kier alpha value is -0.870. The summed E-state index contributed by atoms with van der Waals surface area (Å²) in [7, 11) is 1.58. The minimum absolute atomic E-state index is 0.0205. The number of hydrogen-bond acceptors (Lipinski definition) is 4. The second kappa shape index (κ2) is 8.06. The van der Waals surface area contributed by atoms with Gasteiger partial charge in [0.25, 0.3) is 0 Å². The number of fused-ring (bicyclic) bond motifs is 7. The van der Waals surface area contributed by atoms with Gasteiger partial charge in [-0.1, -0.05) is 53.2 Å². The van der Waals surface area contributed by atoms with Crippen molar-refractivity contribution in [2.45, 2.75) is 105 Å². The van der Waals surface area contributed by atoms with Crippen LogP contribution in [0.3, 0.4) is 0 Å². The van der Waals surface area contributed by atoms with Crippen LogP contribution in [0.5, 0.6) is 0 Å². The molecule has 0 aromatic heterocycles. The summed E-state index contributed by atoms with van der Waals surface area (Å²) in [6.07, 6.45) is 11.3. The Morgan fingerprint density at radius 3 is 2.37 bits per heavy atom. The first kappa shape index (κ1) is 25.8. The molecule has 0 spiro atoms. The summed E-state index contributed by atoms with van der Waals surface area (Å²) in [4.78, 5) is 13.4. The van der Waals surface area contributed by atoms with Crippen molar-refractivity contribution in [1.82, 2.24) is 0 Å². The summed E-state index contributed by atoms with van der Waals surface area (Å²) in [5, 5.41) is 21.4. The van der Waals surface area contributed by atoms with E-state index in [1.165, 1.54) is 0 Å². The van der Waals surface area contributed by atoms with Crippen LogP contribution in [-0.4, -0.2) is 36.0 Å². The Morgan fingerprint density at radius 2 is 1.71 bits per heavy atom. The molecular formula is C31H50O4. The molecule has 35 heavy (non-hydrogen) atoms. The van der Waals surface area contributed by atoms with Crippen LogP contribution in [0.1, 0.15) is 99.3 Å². The van der Waals surface area contributed by atoms with Crippen molar-refractivity contribution in [3.63, 3.8) is 0 Å². The Bertz CT molecular complexity index is 912. The van der Waals surface area contributed by atoms with E-state index in [1.807, 2.05) is 0 Å². The van der Waals surface area contributed by atoms with Gasteiger partial charge in [0, 0.05) is 5.41 Å². The van der Waals surface area contributed by atoms with Crippen molar-refractivity contribution in [2.75, 3.05) is 13.7 Å². The van der Waals surface area contributed by atoms with Gasteiger partial charge in [-0.15, -0.1) is 0 Å². The van der Waals surface area contributed by atoms with E-state index in [2.05, 4.69) is 47.6 Å². The number of aliphatic hydroxyl groups is 2. The first-order chi connectivity index (χ1) is 16.4. The topological polar surface area (TPSA) is 66.8 Å². The molecule has 11 atom stereocenters. The largest absolute Gasteiger partial charge is 0.469 e. The average molecular weight is 487 g/mol. The lowest BCUT2D eigenvalue weighted by molar-refractivity contribution is -0.217. The highest BCUT2D eigenvalue weighted by Gasteiger charge is 2.70. The predicted molar refractivity (Wildman–Crippen MR) is 138 cm³/mol. The third-order valence-corrected chi connectivity index (χ3v) is 13.7. The number of aliphatic hydroxyl groups excluding tert-OH is 2. The first-order valence-electron chi connectivity index (χ1n) is 14.4. The maximum absolute atomic E-state index is 13.4. The lowest BCUT2D eigenvalue weighted by atomic mass is 9.33. The molecule has 5 rings (SSSR count). The molecular weight excluding hydrogens is 436 g/mol. The van der Waals surface area contributed by atoms with Crippen LogP contribution < -0.4 is 0 Å². The number of methoxy groups -OCH3 is 1. The quantitative estimate of drug-likeness (QED) is 0.363. The molecule has 0 saturated heterocycles. The molecule has 4 nitrogen and oxygen atoms in total. The van der Waals surface area contributed by atoms with Gasteiger partial charge >= 0.3 is 5.97 Å². The fourth-order valence-corrected chi connectivity index (χ4v) is 11.1. The third-order valence-electron chi connectivity index (χ3n) is 13.7. The van der Waals surface area contributed by atoms with E-state index in [0.717, 1.165) is 57.8 Å². The van der Waals surface area contributed by atoms with Crippen molar-refractivity contribution >= 4 is 5.97 Å². The van der Waals surface area contributed by atoms with E-state index in [-0.39, 0.29) is 40.2 Å². The van der Waals surface area contributed by atoms with E-state index in [0.29, 0.717) is 23.7 Å². The standard InChI is InChI=1S/C31H50O4/c1-19-10-15-31(26(34)35-7)17-16-29(5)21(25(31)20(19)2)8-9-23-27(3)13-12-24(33)28(4,18-32)22(27)11-14-30(23,29)6/h8,19-20,22-25,32-33H,9-18H2,1-7H3/t19-,20+,22+,23+,24+,25-,27-,28+,29-,30-,31+/m1/s1. The summed E-state index contributed by atoms with van der Waals surface area (Å²) >= 11 is 0. The van der Waals surface area contributed by atoms with Crippen LogP contribution in [0.2, 0.25) is 0 Å². The molecule has 5 aliphatic carbocycles. The summed E-state index contributed by atoms with van der Waals surface area (Å²) in [6.45, 7) is 14.5. The van der Waals surface area contributed by atoms with E-state index < -0.39 is 11.5 Å². The molecule has 0 bridgehead atoms. The zero-order valence-corrected chi connectivity index (χ0v) is 23.3. The van der Waals surface area contributed by atoms with Crippen molar-refractivity contribution in [2.24, 2.45) is 56.7 Å². The minimum atomic E-state index is -0.418. The fourth-order valence-electron chi connectivity index (χ4n) is 11.1. The van der Waals surface area contributed by atoms with Crippen LogP contribution in [0.4, 0.5) is 0 Å². The van der Waals surface area contributed by atoms with E-state index in [9.17, 15) is 15.0 Å². The van der Waals surface area contributed by atoms with Crippen LogP contribution >= 0.6 is 0 Å². The van der Waals surface area contributed by atoms with Gasteiger partial charge < -0.3 is 14.9 Å². The Kier molecular flexibility index (Phi) is 5.94. The molecule has 4 heteroatoms. The van der Waals surface area contributed by atoms with Crippen LogP contribution in [0.15, 0.2) is 11.6 Å². The van der Waals surface area contributed by atoms with Crippen molar-refractivity contribution in [1.29, 1.82) is 0 Å². The zero-order chi connectivity index (χ0) is 25.6. The highest BCUT2D eigenvalue weighted by Crippen LogP contribution is 2.75. The number of ether oxygens (including phenoxy) is 1. The molecule has 0 aromatic rings. The Balaban J connectivity index is 1.61. The van der Waals surface area contributed by atoms with Gasteiger partial charge in [0.05, 0.1) is 25.2 Å². The number of allylic oxidation sites excluding steroid dienone is 2. The Labute approximate surface area is 213 Å². The lowest BCUT2D eigenvalue weighted by Crippen LogP contribution is -2.66. The van der Waals surface area contributed by atoms with Gasteiger partial charge in [0.2, 0.25) is 0 Å². The molecule has 0 unspecified atom stereocenters. The minimum Gasteiger partial charge on any atom is -0.469 e. The predicted octanol–water partition coefficient (Wildman–Crippen LogP) is 6.15. The second-order valence-corrected chi connectivity index (χ2v) is 14.5. The number of rotatable bonds is 2.